The monoisotopic (exact) mass is 454 g/mol. The van der Waals surface area contributed by atoms with Crippen molar-refractivity contribution >= 4 is 16.7 Å². The zero-order valence-corrected chi connectivity index (χ0v) is 19.6. The van der Waals surface area contributed by atoms with Gasteiger partial charge in [-0.25, -0.2) is 0 Å². The SMILES string of the molecule is CCN(CC)C(CNC(=O)c1nn(-c2ccccc2)c(=O)c2ccccc12)Cc1ccccc1. The van der Waals surface area contributed by atoms with Crippen LogP contribution in [-0.4, -0.2) is 46.3 Å². The lowest BCUT2D eigenvalue weighted by Gasteiger charge is -2.30. The van der Waals surface area contributed by atoms with Crippen LogP contribution in [0.2, 0.25) is 0 Å². The highest BCUT2D eigenvalue weighted by Gasteiger charge is 2.21. The number of fused-ring (bicyclic) bond motifs is 1. The van der Waals surface area contributed by atoms with E-state index in [-0.39, 0.29) is 23.2 Å². The van der Waals surface area contributed by atoms with Crippen molar-refractivity contribution in [2.45, 2.75) is 26.3 Å². The molecule has 1 aromatic heterocycles. The van der Waals surface area contributed by atoms with E-state index in [4.69, 9.17) is 0 Å². The predicted octanol–water partition coefficient (Wildman–Crippen LogP) is 4.07. The molecule has 6 nitrogen and oxygen atoms in total. The zero-order valence-electron chi connectivity index (χ0n) is 19.6. The summed E-state index contributed by atoms with van der Waals surface area (Å²) in [6, 6.07) is 26.8. The van der Waals surface area contributed by atoms with Crippen LogP contribution < -0.4 is 10.9 Å². The third kappa shape index (κ3) is 5.07. The quantitative estimate of drug-likeness (QED) is 0.414. The third-order valence-electron chi connectivity index (χ3n) is 6.16. The molecule has 0 radical (unpaired) electrons. The molecular weight excluding hydrogens is 424 g/mol. The fourth-order valence-corrected chi connectivity index (χ4v) is 4.35. The summed E-state index contributed by atoms with van der Waals surface area (Å²) in [7, 11) is 0. The Labute approximate surface area is 199 Å². The molecule has 6 heteroatoms. The van der Waals surface area contributed by atoms with E-state index in [1.54, 1.807) is 30.3 Å². The van der Waals surface area contributed by atoms with E-state index in [2.05, 4.69) is 41.3 Å². The largest absolute Gasteiger partial charge is 0.349 e. The average Bonchev–Trinajstić information content (AvgIpc) is 2.89. The second-order valence-corrected chi connectivity index (χ2v) is 8.22. The molecule has 0 aliphatic heterocycles. The number of nitrogens with zero attached hydrogens (tertiary/aromatic N) is 3. The topological polar surface area (TPSA) is 67.2 Å². The second-order valence-electron chi connectivity index (χ2n) is 8.22. The van der Waals surface area contributed by atoms with E-state index in [0.29, 0.717) is 23.0 Å². The number of carbonyl (C=O) groups is 1. The van der Waals surface area contributed by atoms with Crippen molar-refractivity contribution in [1.82, 2.24) is 20.0 Å². The standard InChI is InChI=1S/C28H30N4O2/c1-3-31(4-2)23(19-21-13-7-5-8-14-21)20-29-27(33)26-24-17-11-12-18-25(24)28(34)32(30-26)22-15-9-6-10-16-22/h5-18,23H,3-4,19-20H2,1-2H3,(H,29,33). The summed E-state index contributed by atoms with van der Waals surface area (Å²) in [5, 5.41) is 8.62. The minimum absolute atomic E-state index is 0.146. The maximum Gasteiger partial charge on any atom is 0.279 e. The number of likely N-dealkylation sites (N-methyl/N-ethyl adjacent to an activating group) is 1. The Morgan fingerprint density at radius 2 is 1.47 bits per heavy atom. The number of benzene rings is 3. The molecule has 0 saturated carbocycles. The number of rotatable bonds is 9. The average molecular weight is 455 g/mol. The van der Waals surface area contributed by atoms with E-state index in [1.807, 2.05) is 42.5 Å². The van der Waals surface area contributed by atoms with Crippen LogP contribution >= 0.6 is 0 Å². The first-order valence-electron chi connectivity index (χ1n) is 11.8. The molecule has 1 amide bonds. The number of para-hydroxylation sites is 1. The number of carbonyl (C=O) groups excluding carboxylic acids is 1. The molecule has 0 fully saturated rings. The normalized spacial score (nSPS) is 12.1. The van der Waals surface area contributed by atoms with Gasteiger partial charge in [0.25, 0.3) is 11.5 Å². The first-order chi connectivity index (χ1) is 16.6. The summed E-state index contributed by atoms with van der Waals surface area (Å²) in [6.45, 7) is 6.53. The van der Waals surface area contributed by atoms with E-state index in [9.17, 15) is 9.59 Å². The minimum atomic E-state index is -0.286. The zero-order chi connectivity index (χ0) is 23.9. The highest BCUT2D eigenvalue weighted by Crippen LogP contribution is 2.16. The van der Waals surface area contributed by atoms with Crippen LogP contribution in [0, 0.1) is 0 Å². The van der Waals surface area contributed by atoms with Gasteiger partial charge in [-0.2, -0.15) is 9.78 Å². The Kier molecular flexibility index (Phi) is 7.50. The van der Waals surface area contributed by atoms with Gasteiger partial charge in [0.05, 0.1) is 11.1 Å². The maximum absolute atomic E-state index is 13.4. The molecule has 0 bridgehead atoms. The molecule has 4 aromatic rings. The second kappa shape index (κ2) is 10.9. The smallest absolute Gasteiger partial charge is 0.279 e. The number of amides is 1. The van der Waals surface area contributed by atoms with Crippen LogP contribution in [0.15, 0.2) is 89.7 Å². The van der Waals surface area contributed by atoms with Crippen LogP contribution in [0.4, 0.5) is 0 Å². The molecule has 0 spiro atoms. The molecule has 1 atom stereocenters. The summed E-state index contributed by atoms with van der Waals surface area (Å²) < 4.78 is 1.31. The Bertz CT molecular complexity index is 1300. The first kappa shape index (κ1) is 23.4. The lowest BCUT2D eigenvalue weighted by Crippen LogP contribution is -2.45. The summed E-state index contributed by atoms with van der Waals surface area (Å²) >= 11 is 0. The van der Waals surface area contributed by atoms with Crippen molar-refractivity contribution in [2.24, 2.45) is 0 Å². The number of hydrogen-bond donors (Lipinski definition) is 1. The van der Waals surface area contributed by atoms with Crippen LogP contribution in [0.1, 0.15) is 29.9 Å². The van der Waals surface area contributed by atoms with Crippen LogP contribution in [0.25, 0.3) is 16.5 Å². The van der Waals surface area contributed by atoms with E-state index >= 15 is 0 Å². The Morgan fingerprint density at radius 3 is 2.12 bits per heavy atom. The molecule has 4 rings (SSSR count). The Morgan fingerprint density at radius 1 is 0.882 bits per heavy atom. The molecule has 3 aromatic carbocycles. The van der Waals surface area contributed by atoms with Crippen LogP contribution in [-0.2, 0) is 6.42 Å². The molecule has 1 unspecified atom stereocenters. The van der Waals surface area contributed by atoms with Crippen molar-refractivity contribution < 1.29 is 4.79 Å². The van der Waals surface area contributed by atoms with Gasteiger partial charge in [0.1, 0.15) is 0 Å². The van der Waals surface area contributed by atoms with E-state index in [0.717, 1.165) is 19.5 Å². The Balaban J connectivity index is 1.65. The molecule has 1 N–H and O–H groups in total. The van der Waals surface area contributed by atoms with Gasteiger partial charge in [-0.05, 0) is 43.3 Å². The van der Waals surface area contributed by atoms with Crippen molar-refractivity contribution in [2.75, 3.05) is 19.6 Å². The molecule has 34 heavy (non-hydrogen) atoms. The highest BCUT2D eigenvalue weighted by molar-refractivity contribution is 6.04. The number of nitrogens with one attached hydrogen (secondary N) is 1. The van der Waals surface area contributed by atoms with Gasteiger partial charge >= 0.3 is 0 Å². The molecule has 0 aliphatic carbocycles. The fourth-order valence-electron chi connectivity index (χ4n) is 4.35. The van der Waals surface area contributed by atoms with Crippen molar-refractivity contribution in [1.29, 1.82) is 0 Å². The van der Waals surface area contributed by atoms with Gasteiger partial charge in [-0.1, -0.05) is 80.6 Å². The molecular formula is C28H30N4O2. The molecule has 0 aliphatic rings. The van der Waals surface area contributed by atoms with Crippen molar-refractivity contribution in [3.63, 3.8) is 0 Å². The lowest BCUT2D eigenvalue weighted by molar-refractivity contribution is 0.0930. The van der Waals surface area contributed by atoms with Gasteiger partial charge in [-0.3, -0.25) is 14.5 Å². The summed E-state index contributed by atoms with van der Waals surface area (Å²) in [5.41, 5.74) is 1.85. The summed E-state index contributed by atoms with van der Waals surface area (Å²) in [6.07, 6.45) is 0.834. The molecule has 0 saturated heterocycles. The van der Waals surface area contributed by atoms with Crippen molar-refractivity contribution in [3.8, 4) is 5.69 Å². The maximum atomic E-state index is 13.4. The predicted molar refractivity (Wildman–Crippen MR) is 137 cm³/mol. The van der Waals surface area contributed by atoms with Gasteiger partial charge < -0.3 is 5.32 Å². The van der Waals surface area contributed by atoms with Crippen molar-refractivity contribution in [3.05, 3.63) is 107 Å². The van der Waals surface area contributed by atoms with Crippen LogP contribution in [0.5, 0.6) is 0 Å². The van der Waals surface area contributed by atoms with Gasteiger partial charge in [-0.15, -0.1) is 0 Å². The third-order valence-corrected chi connectivity index (χ3v) is 6.16. The first-order valence-corrected chi connectivity index (χ1v) is 11.8. The highest BCUT2D eigenvalue weighted by atomic mass is 16.2. The van der Waals surface area contributed by atoms with E-state index in [1.165, 1.54) is 10.2 Å². The van der Waals surface area contributed by atoms with Gasteiger partial charge in [0.2, 0.25) is 0 Å². The molecule has 1 heterocycles. The minimum Gasteiger partial charge on any atom is -0.349 e. The summed E-state index contributed by atoms with van der Waals surface area (Å²) in [5.74, 6) is -0.286. The summed E-state index contributed by atoms with van der Waals surface area (Å²) in [4.78, 5) is 28.9. The molecule has 174 valence electrons. The van der Waals surface area contributed by atoms with Crippen LogP contribution in [0.3, 0.4) is 0 Å². The fraction of sp³-hybridized carbons (Fsp3) is 0.250. The Hall–Kier alpha value is -3.77. The number of hydrogen-bond acceptors (Lipinski definition) is 4. The van der Waals surface area contributed by atoms with Gasteiger partial charge in [0, 0.05) is 18.0 Å². The lowest BCUT2D eigenvalue weighted by atomic mass is 10.0. The van der Waals surface area contributed by atoms with E-state index < -0.39 is 0 Å². The number of aromatic nitrogens is 2. The van der Waals surface area contributed by atoms with Gasteiger partial charge in [0.15, 0.2) is 5.69 Å².